The molecule has 0 radical (unpaired) electrons. The van der Waals surface area contributed by atoms with E-state index in [0.29, 0.717) is 17.8 Å². The summed E-state index contributed by atoms with van der Waals surface area (Å²) < 4.78 is 0. The maximum absolute atomic E-state index is 11.7. The van der Waals surface area contributed by atoms with E-state index in [0.717, 1.165) is 19.3 Å². The van der Waals surface area contributed by atoms with E-state index in [1.165, 1.54) is 0 Å². The average Bonchev–Trinajstić information content (AvgIpc) is 2.91. The van der Waals surface area contributed by atoms with Gasteiger partial charge in [0.2, 0.25) is 5.88 Å². The molecule has 0 amide bonds. The van der Waals surface area contributed by atoms with Gasteiger partial charge in [-0.15, -0.1) is 0 Å². The van der Waals surface area contributed by atoms with E-state index in [9.17, 15) is 9.90 Å². The van der Waals surface area contributed by atoms with Crippen LogP contribution in [-0.4, -0.2) is 15.1 Å². The monoisotopic (exact) mass is 208 g/mol. The molecule has 0 aromatic carbocycles. The molecule has 1 aromatic heterocycles. The molecule has 0 unspecified atom stereocenters. The van der Waals surface area contributed by atoms with Crippen molar-refractivity contribution in [2.45, 2.75) is 44.9 Å². The Hall–Kier alpha value is -1.32. The number of rotatable bonds is 3. The summed E-state index contributed by atoms with van der Waals surface area (Å²) in [6.07, 6.45) is 3.46. The Balaban J connectivity index is 2.43. The summed E-state index contributed by atoms with van der Waals surface area (Å²) in [7, 11) is 0. The second-order valence-corrected chi connectivity index (χ2v) is 4.53. The normalized spacial score (nSPS) is 17.7. The lowest BCUT2D eigenvalue weighted by molar-refractivity contribution is 0.435. The third-order valence-electron chi connectivity index (χ3n) is 3.07. The van der Waals surface area contributed by atoms with E-state index < -0.39 is 0 Å². The number of nitrogens with zero attached hydrogens (tertiary/aromatic N) is 1. The molecular formula is C11H16N2O2. The number of aromatic nitrogens is 2. The highest BCUT2D eigenvalue weighted by Crippen LogP contribution is 2.45. The summed E-state index contributed by atoms with van der Waals surface area (Å²) in [5.41, 5.74) is 0.208. The lowest BCUT2D eigenvalue weighted by Gasteiger charge is -2.09. The molecule has 4 nitrogen and oxygen atoms in total. The molecule has 0 saturated heterocycles. The van der Waals surface area contributed by atoms with Crippen molar-refractivity contribution in [2.24, 2.45) is 0 Å². The molecule has 1 aliphatic rings. The van der Waals surface area contributed by atoms with Crippen molar-refractivity contribution >= 4 is 0 Å². The van der Waals surface area contributed by atoms with Gasteiger partial charge in [-0.3, -0.25) is 4.79 Å². The lowest BCUT2D eigenvalue weighted by Crippen LogP contribution is -2.20. The van der Waals surface area contributed by atoms with E-state index in [1.54, 1.807) is 0 Å². The minimum atomic E-state index is -0.188. The number of hydrogen-bond acceptors (Lipinski definition) is 3. The number of nitrogens with one attached hydrogen (secondary N) is 1. The molecule has 1 heterocycles. The quantitative estimate of drug-likeness (QED) is 0.790. The van der Waals surface area contributed by atoms with Gasteiger partial charge in [-0.05, 0) is 19.3 Å². The highest BCUT2D eigenvalue weighted by Gasteiger charge is 2.42. The van der Waals surface area contributed by atoms with E-state index in [1.807, 2.05) is 13.8 Å². The third-order valence-corrected chi connectivity index (χ3v) is 3.07. The van der Waals surface area contributed by atoms with Crippen molar-refractivity contribution in [3.63, 3.8) is 0 Å². The van der Waals surface area contributed by atoms with Gasteiger partial charge in [0.1, 0.15) is 5.82 Å². The van der Waals surface area contributed by atoms with Crippen LogP contribution in [0.5, 0.6) is 5.88 Å². The zero-order valence-electron chi connectivity index (χ0n) is 9.13. The number of aromatic amines is 1. The van der Waals surface area contributed by atoms with Crippen LogP contribution >= 0.6 is 0 Å². The Kier molecular flexibility index (Phi) is 2.29. The van der Waals surface area contributed by atoms with Crippen molar-refractivity contribution < 1.29 is 5.11 Å². The highest BCUT2D eigenvalue weighted by molar-refractivity contribution is 5.26. The maximum atomic E-state index is 11.7. The van der Waals surface area contributed by atoms with Gasteiger partial charge in [-0.25, -0.2) is 0 Å². The van der Waals surface area contributed by atoms with Crippen LogP contribution in [0.1, 0.15) is 44.5 Å². The van der Waals surface area contributed by atoms with Crippen LogP contribution in [-0.2, 0) is 11.8 Å². The Bertz CT molecular complexity index is 433. The van der Waals surface area contributed by atoms with Gasteiger partial charge in [-0.2, -0.15) is 4.98 Å². The summed E-state index contributed by atoms with van der Waals surface area (Å²) >= 11 is 0. The van der Waals surface area contributed by atoms with Crippen LogP contribution < -0.4 is 5.56 Å². The van der Waals surface area contributed by atoms with Gasteiger partial charge in [0, 0.05) is 5.41 Å². The SMILES string of the molecule is CCCc1c(O)nc(C2(C)CC2)[nH]c1=O. The first-order valence-corrected chi connectivity index (χ1v) is 5.39. The predicted molar refractivity (Wildman–Crippen MR) is 57.1 cm³/mol. The second-order valence-electron chi connectivity index (χ2n) is 4.53. The van der Waals surface area contributed by atoms with Gasteiger partial charge >= 0.3 is 0 Å². The van der Waals surface area contributed by atoms with Crippen molar-refractivity contribution in [3.05, 3.63) is 21.7 Å². The molecule has 82 valence electrons. The Morgan fingerprint density at radius 3 is 2.67 bits per heavy atom. The Labute approximate surface area is 88.4 Å². The van der Waals surface area contributed by atoms with Crippen LogP contribution in [0.2, 0.25) is 0 Å². The molecule has 2 rings (SSSR count). The van der Waals surface area contributed by atoms with Crippen LogP contribution in [0.25, 0.3) is 0 Å². The van der Waals surface area contributed by atoms with Crippen molar-refractivity contribution in [1.29, 1.82) is 0 Å². The van der Waals surface area contributed by atoms with E-state index in [2.05, 4.69) is 9.97 Å². The van der Waals surface area contributed by atoms with Crippen LogP contribution in [0.4, 0.5) is 0 Å². The molecule has 0 aliphatic heterocycles. The topological polar surface area (TPSA) is 66.0 Å². The Morgan fingerprint density at radius 2 is 2.20 bits per heavy atom. The number of aromatic hydroxyl groups is 1. The smallest absolute Gasteiger partial charge is 0.257 e. The molecular weight excluding hydrogens is 192 g/mol. The van der Waals surface area contributed by atoms with E-state index >= 15 is 0 Å². The predicted octanol–water partition coefficient (Wildman–Crippen LogP) is 1.48. The van der Waals surface area contributed by atoms with Gasteiger partial charge < -0.3 is 10.1 Å². The molecule has 1 fully saturated rings. The molecule has 15 heavy (non-hydrogen) atoms. The molecule has 0 spiro atoms. The fourth-order valence-electron chi connectivity index (χ4n) is 1.67. The summed E-state index contributed by atoms with van der Waals surface area (Å²) in [6, 6.07) is 0. The molecule has 0 atom stereocenters. The molecule has 2 N–H and O–H groups in total. The summed E-state index contributed by atoms with van der Waals surface area (Å²) in [4.78, 5) is 18.5. The number of hydrogen-bond donors (Lipinski definition) is 2. The average molecular weight is 208 g/mol. The van der Waals surface area contributed by atoms with Gasteiger partial charge in [0.15, 0.2) is 0 Å². The largest absolute Gasteiger partial charge is 0.493 e. The first-order valence-electron chi connectivity index (χ1n) is 5.39. The molecule has 1 saturated carbocycles. The molecule has 0 bridgehead atoms. The summed E-state index contributed by atoms with van der Waals surface area (Å²) in [5.74, 6) is 0.536. The first-order chi connectivity index (χ1) is 7.07. The minimum absolute atomic E-state index is 0.0125. The molecule has 4 heteroatoms. The van der Waals surface area contributed by atoms with E-state index in [-0.39, 0.29) is 16.9 Å². The van der Waals surface area contributed by atoms with Gasteiger partial charge in [0.25, 0.3) is 5.56 Å². The Morgan fingerprint density at radius 1 is 1.53 bits per heavy atom. The standard InChI is InChI=1S/C11H16N2O2/c1-3-4-7-8(14)12-10(13-9(7)15)11(2)5-6-11/h3-6H2,1-2H3,(H2,12,13,14,15). The highest BCUT2D eigenvalue weighted by atomic mass is 16.3. The van der Waals surface area contributed by atoms with Crippen molar-refractivity contribution in [2.75, 3.05) is 0 Å². The number of H-pyrrole nitrogens is 1. The zero-order chi connectivity index (χ0) is 11.1. The second kappa shape index (κ2) is 3.36. The zero-order valence-corrected chi connectivity index (χ0v) is 9.13. The van der Waals surface area contributed by atoms with Gasteiger partial charge in [-0.1, -0.05) is 20.3 Å². The van der Waals surface area contributed by atoms with Crippen LogP contribution in [0, 0.1) is 0 Å². The fraction of sp³-hybridized carbons (Fsp3) is 0.636. The summed E-state index contributed by atoms with van der Waals surface area (Å²) in [6.45, 7) is 4.01. The third kappa shape index (κ3) is 1.76. The van der Waals surface area contributed by atoms with E-state index in [4.69, 9.17) is 0 Å². The fourth-order valence-corrected chi connectivity index (χ4v) is 1.67. The minimum Gasteiger partial charge on any atom is -0.493 e. The molecule has 1 aromatic rings. The lowest BCUT2D eigenvalue weighted by atomic mass is 10.1. The van der Waals surface area contributed by atoms with Gasteiger partial charge in [0.05, 0.1) is 5.56 Å². The molecule has 1 aliphatic carbocycles. The van der Waals surface area contributed by atoms with Crippen molar-refractivity contribution in [1.82, 2.24) is 9.97 Å². The van der Waals surface area contributed by atoms with Crippen LogP contribution in [0.3, 0.4) is 0 Å². The van der Waals surface area contributed by atoms with Crippen molar-refractivity contribution in [3.8, 4) is 5.88 Å². The first kappa shape index (κ1) is 10.2. The maximum Gasteiger partial charge on any atom is 0.257 e. The van der Waals surface area contributed by atoms with Crippen LogP contribution in [0.15, 0.2) is 4.79 Å². The summed E-state index contributed by atoms with van der Waals surface area (Å²) in [5, 5.41) is 9.66.